The highest BCUT2D eigenvalue weighted by Gasteiger charge is 2.50. The molecule has 1 amide bonds. The first kappa shape index (κ1) is 14.7. The average molecular weight is 329 g/mol. The summed E-state index contributed by atoms with van der Waals surface area (Å²) < 4.78 is 9.59. The minimum atomic E-state index is -0.250. The molecule has 0 radical (unpaired) electrons. The normalized spacial score (nSPS) is 24.5. The van der Waals surface area contributed by atoms with Gasteiger partial charge < -0.3 is 4.74 Å². The molecule has 4 rings (SSSR count). The van der Waals surface area contributed by atoms with Gasteiger partial charge in [0.1, 0.15) is 6.61 Å². The predicted octanol–water partition coefficient (Wildman–Crippen LogP) is 2.39. The summed E-state index contributed by atoms with van der Waals surface area (Å²) in [6.07, 6.45) is 2.59. The molecule has 3 heterocycles. The molecular formula is C17H19N3O2S. The van der Waals surface area contributed by atoms with Crippen molar-refractivity contribution in [2.45, 2.75) is 18.5 Å². The monoisotopic (exact) mass is 329 g/mol. The van der Waals surface area contributed by atoms with Crippen LogP contribution in [0.2, 0.25) is 0 Å². The van der Waals surface area contributed by atoms with Gasteiger partial charge in [-0.05, 0) is 22.7 Å². The molecule has 2 aliphatic rings. The molecule has 120 valence electrons. The van der Waals surface area contributed by atoms with Crippen LogP contribution in [0.1, 0.15) is 11.1 Å². The molecule has 2 aromatic rings. The van der Waals surface area contributed by atoms with Crippen LogP contribution < -0.4 is 0 Å². The third kappa shape index (κ3) is 2.84. The summed E-state index contributed by atoms with van der Waals surface area (Å²) in [6, 6.07) is 10.4. The van der Waals surface area contributed by atoms with Gasteiger partial charge in [-0.3, -0.25) is 9.80 Å². The van der Waals surface area contributed by atoms with E-state index in [0.717, 1.165) is 32.6 Å². The Labute approximate surface area is 139 Å². The molecule has 1 aromatic heterocycles. The molecule has 5 nitrogen and oxygen atoms in total. The fourth-order valence-electron chi connectivity index (χ4n) is 3.62. The van der Waals surface area contributed by atoms with E-state index in [4.69, 9.17) is 4.74 Å². The summed E-state index contributed by atoms with van der Waals surface area (Å²) in [5.41, 5.74) is 2.23. The second-order valence-corrected chi connectivity index (χ2v) is 6.99. The quantitative estimate of drug-likeness (QED) is 0.864. The number of ether oxygens (including phenoxy) is 1. The number of hydrogen-bond donors (Lipinski definition) is 0. The van der Waals surface area contributed by atoms with Crippen molar-refractivity contribution in [1.82, 2.24) is 14.2 Å². The maximum atomic E-state index is 12.1. The molecule has 0 aliphatic carbocycles. The minimum Gasteiger partial charge on any atom is -0.447 e. The fourth-order valence-corrected chi connectivity index (χ4v) is 4.15. The van der Waals surface area contributed by atoms with Crippen molar-refractivity contribution in [3.05, 3.63) is 53.0 Å². The Bertz CT molecular complexity index is 676. The van der Waals surface area contributed by atoms with Crippen LogP contribution in [-0.2, 0) is 17.7 Å². The number of fused-ring (bicyclic) bond motifs is 1. The molecule has 2 saturated heterocycles. The summed E-state index contributed by atoms with van der Waals surface area (Å²) in [5, 5.41) is 2.09. The van der Waals surface area contributed by atoms with Gasteiger partial charge in [0.2, 0.25) is 0 Å². The molecule has 6 heteroatoms. The third-order valence-corrected chi connectivity index (χ3v) is 5.32. The number of amides is 1. The van der Waals surface area contributed by atoms with Crippen LogP contribution in [-0.4, -0.2) is 52.0 Å². The maximum Gasteiger partial charge on any atom is 0.410 e. The van der Waals surface area contributed by atoms with E-state index in [1.54, 1.807) is 0 Å². The number of hydrogen-bond acceptors (Lipinski definition) is 5. The van der Waals surface area contributed by atoms with E-state index in [2.05, 4.69) is 26.8 Å². The van der Waals surface area contributed by atoms with Crippen LogP contribution in [0.25, 0.3) is 0 Å². The highest BCUT2D eigenvalue weighted by atomic mass is 32.1. The van der Waals surface area contributed by atoms with Crippen LogP contribution in [0.3, 0.4) is 0 Å². The van der Waals surface area contributed by atoms with Gasteiger partial charge >= 0.3 is 6.09 Å². The highest BCUT2D eigenvalue weighted by Crippen LogP contribution is 2.32. The largest absolute Gasteiger partial charge is 0.447 e. The van der Waals surface area contributed by atoms with Crippen molar-refractivity contribution in [3.63, 3.8) is 0 Å². The molecule has 0 bridgehead atoms. The number of carbonyl (C=O) groups excluding carboxylic acids is 1. The van der Waals surface area contributed by atoms with Crippen LogP contribution in [0.5, 0.6) is 0 Å². The van der Waals surface area contributed by atoms with Crippen LogP contribution in [0.15, 0.2) is 41.9 Å². The van der Waals surface area contributed by atoms with Gasteiger partial charge in [0.15, 0.2) is 0 Å². The Kier molecular flexibility index (Phi) is 3.79. The summed E-state index contributed by atoms with van der Waals surface area (Å²) in [7, 11) is 0. The average Bonchev–Trinajstić information content (AvgIpc) is 3.17. The van der Waals surface area contributed by atoms with Crippen molar-refractivity contribution in [1.29, 1.82) is 0 Å². The van der Waals surface area contributed by atoms with Crippen molar-refractivity contribution in [2.75, 3.05) is 26.2 Å². The Balaban J connectivity index is 1.56. The van der Waals surface area contributed by atoms with E-state index >= 15 is 0 Å². The van der Waals surface area contributed by atoms with Crippen LogP contribution in [0, 0.1) is 0 Å². The van der Waals surface area contributed by atoms with Gasteiger partial charge in [0.25, 0.3) is 0 Å². The zero-order valence-corrected chi connectivity index (χ0v) is 13.7. The lowest BCUT2D eigenvalue weighted by Crippen LogP contribution is -2.62. The number of benzene rings is 1. The van der Waals surface area contributed by atoms with Crippen LogP contribution in [0.4, 0.5) is 4.79 Å². The van der Waals surface area contributed by atoms with E-state index in [1.807, 2.05) is 29.3 Å². The van der Waals surface area contributed by atoms with E-state index in [1.165, 1.54) is 22.7 Å². The lowest BCUT2D eigenvalue weighted by Gasteiger charge is -2.44. The molecule has 0 N–H and O–H groups in total. The van der Waals surface area contributed by atoms with E-state index in [0.29, 0.717) is 6.61 Å². The first-order valence-electron chi connectivity index (χ1n) is 7.84. The van der Waals surface area contributed by atoms with Gasteiger partial charge in [-0.2, -0.15) is 0 Å². The molecular weight excluding hydrogens is 310 g/mol. The zero-order chi connectivity index (χ0) is 15.7. The number of piperazine rings is 1. The summed E-state index contributed by atoms with van der Waals surface area (Å²) >= 11 is 1.48. The lowest BCUT2D eigenvalue weighted by atomic mass is 9.88. The molecule has 0 spiro atoms. The van der Waals surface area contributed by atoms with E-state index < -0.39 is 0 Å². The summed E-state index contributed by atoms with van der Waals surface area (Å²) in [4.78, 5) is 16.4. The maximum absolute atomic E-state index is 12.1. The first-order chi connectivity index (χ1) is 11.3. The van der Waals surface area contributed by atoms with Gasteiger partial charge in [-0.25, -0.2) is 9.17 Å². The zero-order valence-electron chi connectivity index (χ0n) is 12.9. The number of carbonyl (C=O) groups is 1. The number of nitrogens with zero attached hydrogens (tertiary/aromatic N) is 3. The van der Waals surface area contributed by atoms with Gasteiger partial charge in [0, 0.05) is 44.2 Å². The van der Waals surface area contributed by atoms with Crippen molar-refractivity contribution in [3.8, 4) is 0 Å². The predicted molar refractivity (Wildman–Crippen MR) is 88.3 cm³/mol. The van der Waals surface area contributed by atoms with E-state index in [9.17, 15) is 4.79 Å². The molecule has 1 aromatic carbocycles. The Morgan fingerprint density at radius 1 is 1.22 bits per heavy atom. The van der Waals surface area contributed by atoms with Crippen LogP contribution >= 0.6 is 11.5 Å². The van der Waals surface area contributed by atoms with E-state index in [-0.39, 0.29) is 11.6 Å². The Morgan fingerprint density at radius 3 is 2.87 bits per heavy atom. The topological polar surface area (TPSA) is 45.7 Å². The Hall–Kier alpha value is -1.92. The Morgan fingerprint density at radius 2 is 2.09 bits per heavy atom. The van der Waals surface area contributed by atoms with Crippen molar-refractivity contribution < 1.29 is 9.53 Å². The van der Waals surface area contributed by atoms with Crippen molar-refractivity contribution >= 4 is 17.6 Å². The molecule has 23 heavy (non-hydrogen) atoms. The minimum absolute atomic E-state index is 0.169. The highest BCUT2D eigenvalue weighted by molar-refractivity contribution is 7.03. The van der Waals surface area contributed by atoms with Gasteiger partial charge in [-0.15, -0.1) is 0 Å². The second-order valence-electron chi connectivity index (χ2n) is 6.34. The SMILES string of the molecule is O=C1OCC2(Cc3ccccc3)CN(Cc3cnsc3)CCN12. The second kappa shape index (κ2) is 5.94. The molecule has 1 atom stereocenters. The fraction of sp³-hybridized carbons (Fsp3) is 0.412. The summed E-state index contributed by atoms with van der Waals surface area (Å²) in [5.74, 6) is 0. The number of rotatable bonds is 4. The molecule has 0 saturated carbocycles. The molecule has 2 aliphatic heterocycles. The van der Waals surface area contributed by atoms with Crippen molar-refractivity contribution in [2.24, 2.45) is 0 Å². The molecule has 1 unspecified atom stereocenters. The lowest BCUT2D eigenvalue weighted by molar-refractivity contribution is 0.0477. The van der Waals surface area contributed by atoms with Gasteiger partial charge in [0.05, 0.1) is 5.54 Å². The molecule has 2 fully saturated rings. The standard InChI is InChI=1S/C17H19N3O2S/c21-16-20-7-6-19(10-15-9-18-23-11-15)12-17(20,13-22-16)8-14-4-2-1-3-5-14/h1-5,9,11H,6-8,10,12-13H2. The first-order valence-corrected chi connectivity index (χ1v) is 8.68. The number of aromatic nitrogens is 1. The smallest absolute Gasteiger partial charge is 0.410 e. The number of cyclic esters (lactones) is 1. The van der Waals surface area contributed by atoms with Gasteiger partial charge in [-0.1, -0.05) is 30.3 Å². The summed E-state index contributed by atoms with van der Waals surface area (Å²) in [6.45, 7) is 3.79. The third-order valence-electron chi connectivity index (χ3n) is 4.68.